The fourth-order valence-electron chi connectivity index (χ4n) is 1.96. The zero-order valence-corrected chi connectivity index (χ0v) is 12.9. The SMILES string of the molecule is CCc1cnccc1CNS(=O)(=O)c1ccc(OC)cc1. The van der Waals surface area contributed by atoms with Crippen LogP contribution < -0.4 is 9.46 Å². The molecule has 2 rings (SSSR count). The number of hydrogen-bond acceptors (Lipinski definition) is 4. The van der Waals surface area contributed by atoms with Gasteiger partial charge in [0.05, 0.1) is 12.0 Å². The van der Waals surface area contributed by atoms with Gasteiger partial charge in [0.15, 0.2) is 0 Å². The Balaban J connectivity index is 2.13. The summed E-state index contributed by atoms with van der Waals surface area (Å²) >= 11 is 0. The number of benzene rings is 1. The lowest BCUT2D eigenvalue weighted by molar-refractivity contribution is 0.414. The van der Waals surface area contributed by atoms with E-state index < -0.39 is 10.0 Å². The number of sulfonamides is 1. The van der Waals surface area contributed by atoms with Crippen molar-refractivity contribution in [1.29, 1.82) is 0 Å². The highest BCUT2D eigenvalue weighted by Gasteiger charge is 2.14. The van der Waals surface area contributed by atoms with Gasteiger partial charge in [-0.25, -0.2) is 13.1 Å². The van der Waals surface area contributed by atoms with E-state index in [0.717, 1.165) is 17.5 Å². The predicted molar refractivity (Wildman–Crippen MR) is 80.6 cm³/mol. The van der Waals surface area contributed by atoms with E-state index >= 15 is 0 Å². The van der Waals surface area contributed by atoms with E-state index in [9.17, 15) is 8.42 Å². The molecule has 0 aliphatic carbocycles. The van der Waals surface area contributed by atoms with Crippen LogP contribution in [-0.4, -0.2) is 20.5 Å². The van der Waals surface area contributed by atoms with E-state index in [1.54, 1.807) is 24.5 Å². The lowest BCUT2D eigenvalue weighted by Crippen LogP contribution is -2.23. The van der Waals surface area contributed by atoms with Crippen molar-refractivity contribution in [3.05, 3.63) is 53.9 Å². The summed E-state index contributed by atoms with van der Waals surface area (Å²) in [6, 6.07) is 8.12. The first-order valence-electron chi connectivity index (χ1n) is 6.62. The molecule has 0 saturated carbocycles. The van der Waals surface area contributed by atoms with E-state index in [1.807, 2.05) is 13.0 Å². The zero-order valence-electron chi connectivity index (χ0n) is 12.0. The molecule has 1 aromatic heterocycles. The van der Waals surface area contributed by atoms with Gasteiger partial charge in [-0.15, -0.1) is 0 Å². The molecule has 0 atom stereocenters. The van der Waals surface area contributed by atoms with Crippen LogP contribution in [0.4, 0.5) is 0 Å². The van der Waals surface area contributed by atoms with Gasteiger partial charge in [0.25, 0.3) is 0 Å². The van der Waals surface area contributed by atoms with Crippen molar-refractivity contribution in [1.82, 2.24) is 9.71 Å². The number of aromatic nitrogens is 1. The molecular weight excluding hydrogens is 288 g/mol. The third kappa shape index (κ3) is 3.80. The van der Waals surface area contributed by atoms with E-state index in [0.29, 0.717) is 5.75 Å². The van der Waals surface area contributed by atoms with Crippen molar-refractivity contribution in [3.8, 4) is 5.75 Å². The molecule has 0 amide bonds. The molecule has 5 nitrogen and oxygen atoms in total. The van der Waals surface area contributed by atoms with Crippen LogP contribution in [0.25, 0.3) is 0 Å². The summed E-state index contributed by atoms with van der Waals surface area (Å²) < 4.78 is 32.1. The number of methoxy groups -OCH3 is 1. The molecule has 112 valence electrons. The topological polar surface area (TPSA) is 68.3 Å². The summed E-state index contributed by atoms with van der Waals surface area (Å²) in [5.74, 6) is 0.622. The Kier molecular flexibility index (Phi) is 4.93. The minimum absolute atomic E-state index is 0.218. The summed E-state index contributed by atoms with van der Waals surface area (Å²) in [7, 11) is -2.00. The Labute approximate surface area is 125 Å². The number of rotatable bonds is 6. The van der Waals surface area contributed by atoms with Gasteiger partial charge in [0.1, 0.15) is 5.75 Å². The number of aryl methyl sites for hydroxylation is 1. The largest absolute Gasteiger partial charge is 0.497 e. The molecule has 0 unspecified atom stereocenters. The Bertz CT molecular complexity index is 697. The highest BCUT2D eigenvalue weighted by Crippen LogP contribution is 2.16. The van der Waals surface area contributed by atoms with Crippen LogP contribution in [0.1, 0.15) is 18.1 Å². The molecule has 2 aromatic rings. The standard InChI is InChI=1S/C15H18N2O3S/c1-3-12-10-16-9-8-13(12)11-17-21(18,19)15-6-4-14(20-2)5-7-15/h4-10,17H,3,11H2,1-2H3. The molecule has 1 heterocycles. The van der Waals surface area contributed by atoms with Crippen molar-refractivity contribution in [2.75, 3.05) is 7.11 Å². The first-order chi connectivity index (χ1) is 10.1. The van der Waals surface area contributed by atoms with Crippen molar-refractivity contribution >= 4 is 10.0 Å². The fraction of sp³-hybridized carbons (Fsp3) is 0.267. The number of ether oxygens (including phenoxy) is 1. The molecule has 21 heavy (non-hydrogen) atoms. The second-order valence-corrected chi connectivity index (χ2v) is 6.26. The van der Waals surface area contributed by atoms with Crippen LogP contribution in [0.15, 0.2) is 47.6 Å². The molecule has 0 radical (unpaired) electrons. The van der Waals surface area contributed by atoms with Crippen LogP contribution in [-0.2, 0) is 23.0 Å². The molecule has 0 spiro atoms. The van der Waals surface area contributed by atoms with E-state index in [-0.39, 0.29) is 11.4 Å². The molecule has 1 N–H and O–H groups in total. The Morgan fingerprint density at radius 3 is 2.48 bits per heavy atom. The predicted octanol–water partition coefficient (Wildman–Crippen LogP) is 2.13. The average Bonchev–Trinajstić information content (AvgIpc) is 2.53. The van der Waals surface area contributed by atoms with Gasteiger partial charge in [-0.2, -0.15) is 0 Å². The van der Waals surface area contributed by atoms with Gasteiger partial charge < -0.3 is 4.74 Å². The zero-order chi connectivity index (χ0) is 15.3. The smallest absolute Gasteiger partial charge is 0.240 e. The van der Waals surface area contributed by atoms with Gasteiger partial charge in [-0.05, 0) is 47.9 Å². The van der Waals surface area contributed by atoms with Gasteiger partial charge in [0, 0.05) is 18.9 Å². The molecule has 0 saturated heterocycles. The fourth-order valence-corrected chi connectivity index (χ4v) is 2.96. The maximum Gasteiger partial charge on any atom is 0.240 e. The second-order valence-electron chi connectivity index (χ2n) is 4.50. The van der Waals surface area contributed by atoms with E-state index in [2.05, 4.69) is 9.71 Å². The van der Waals surface area contributed by atoms with E-state index in [1.165, 1.54) is 19.2 Å². The summed E-state index contributed by atoms with van der Waals surface area (Å²) in [4.78, 5) is 4.26. The summed E-state index contributed by atoms with van der Waals surface area (Å²) in [6.45, 7) is 2.26. The quantitative estimate of drug-likeness (QED) is 0.887. The van der Waals surface area contributed by atoms with Gasteiger partial charge in [-0.1, -0.05) is 6.92 Å². The monoisotopic (exact) mass is 306 g/mol. The molecule has 0 fully saturated rings. The summed E-state index contributed by atoms with van der Waals surface area (Å²) in [5, 5.41) is 0. The van der Waals surface area contributed by atoms with Crippen molar-refractivity contribution in [2.24, 2.45) is 0 Å². The molecule has 1 aromatic carbocycles. The number of nitrogens with one attached hydrogen (secondary N) is 1. The Morgan fingerprint density at radius 2 is 1.86 bits per heavy atom. The highest BCUT2D eigenvalue weighted by atomic mass is 32.2. The van der Waals surface area contributed by atoms with Gasteiger partial charge in [0.2, 0.25) is 10.0 Å². The normalized spacial score (nSPS) is 11.3. The minimum atomic E-state index is -3.53. The third-order valence-electron chi connectivity index (χ3n) is 3.21. The average molecular weight is 306 g/mol. The molecule has 6 heteroatoms. The number of hydrogen-bond donors (Lipinski definition) is 1. The number of nitrogens with zero attached hydrogens (tertiary/aromatic N) is 1. The highest BCUT2D eigenvalue weighted by molar-refractivity contribution is 7.89. The molecule has 0 aliphatic heterocycles. The first-order valence-corrected chi connectivity index (χ1v) is 8.10. The maximum atomic E-state index is 12.2. The van der Waals surface area contributed by atoms with Crippen LogP contribution in [0.2, 0.25) is 0 Å². The van der Waals surface area contributed by atoms with Crippen molar-refractivity contribution < 1.29 is 13.2 Å². The Hall–Kier alpha value is -1.92. The second kappa shape index (κ2) is 6.69. The van der Waals surface area contributed by atoms with Crippen molar-refractivity contribution in [2.45, 2.75) is 24.8 Å². The molecule has 0 aliphatic rings. The van der Waals surface area contributed by atoms with Crippen LogP contribution in [0.3, 0.4) is 0 Å². The van der Waals surface area contributed by atoms with Crippen molar-refractivity contribution in [3.63, 3.8) is 0 Å². The van der Waals surface area contributed by atoms with Gasteiger partial charge >= 0.3 is 0 Å². The Morgan fingerprint density at radius 1 is 1.14 bits per heavy atom. The maximum absolute atomic E-state index is 12.2. The number of pyridine rings is 1. The van der Waals surface area contributed by atoms with E-state index in [4.69, 9.17) is 4.74 Å². The third-order valence-corrected chi connectivity index (χ3v) is 4.63. The minimum Gasteiger partial charge on any atom is -0.497 e. The first kappa shape index (κ1) is 15.5. The lowest BCUT2D eigenvalue weighted by Gasteiger charge is -2.10. The summed E-state index contributed by atoms with van der Waals surface area (Å²) in [5.41, 5.74) is 1.97. The van der Waals surface area contributed by atoms with Crippen LogP contribution in [0, 0.1) is 0 Å². The molecular formula is C15H18N2O3S. The van der Waals surface area contributed by atoms with Crippen LogP contribution >= 0.6 is 0 Å². The van der Waals surface area contributed by atoms with Gasteiger partial charge in [-0.3, -0.25) is 4.98 Å². The summed E-state index contributed by atoms with van der Waals surface area (Å²) in [6.07, 6.45) is 4.24. The lowest BCUT2D eigenvalue weighted by atomic mass is 10.1. The van der Waals surface area contributed by atoms with Crippen LogP contribution in [0.5, 0.6) is 5.75 Å². The molecule has 0 bridgehead atoms.